The van der Waals surface area contributed by atoms with Gasteiger partial charge in [-0.15, -0.1) is 0 Å². The number of hydrogen-bond donors (Lipinski definition) is 2. The van der Waals surface area contributed by atoms with Gasteiger partial charge in [-0.05, 0) is 12.5 Å². The maximum absolute atomic E-state index is 9.75. The maximum atomic E-state index is 9.75. The van der Waals surface area contributed by atoms with E-state index in [1.54, 1.807) is 4.68 Å². The van der Waals surface area contributed by atoms with Crippen LogP contribution >= 0.6 is 0 Å². The fourth-order valence-electron chi connectivity index (χ4n) is 1.99. The molecule has 1 rings (SSSR count). The molecule has 1 atom stereocenters. The van der Waals surface area contributed by atoms with Crippen LogP contribution in [0.25, 0.3) is 0 Å². The fourth-order valence-corrected chi connectivity index (χ4v) is 1.99. The number of hydrogen-bond acceptors (Lipinski definition) is 4. The predicted molar refractivity (Wildman–Crippen MR) is 80.7 cm³/mol. The van der Waals surface area contributed by atoms with Crippen molar-refractivity contribution in [3.63, 3.8) is 0 Å². The van der Waals surface area contributed by atoms with Crippen molar-refractivity contribution < 1.29 is 9.84 Å². The molecule has 0 aromatic carbocycles. The summed E-state index contributed by atoms with van der Waals surface area (Å²) in [6.07, 6.45) is 7.21. The van der Waals surface area contributed by atoms with Crippen molar-refractivity contribution in [2.24, 2.45) is 7.05 Å². The SMILES string of the molecule is CCCCCCOCC(O)CNCCc1ccn(C)n1. The number of aryl methyl sites for hydroxylation is 1. The minimum Gasteiger partial charge on any atom is -0.389 e. The van der Waals surface area contributed by atoms with Gasteiger partial charge in [-0.1, -0.05) is 26.2 Å². The van der Waals surface area contributed by atoms with Crippen LogP contribution in [-0.4, -0.2) is 47.3 Å². The summed E-state index contributed by atoms with van der Waals surface area (Å²) < 4.78 is 7.26. The highest BCUT2D eigenvalue weighted by atomic mass is 16.5. The van der Waals surface area contributed by atoms with Crippen LogP contribution in [0.5, 0.6) is 0 Å². The van der Waals surface area contributed by atoms with Crippen molar-refractivity contribution >= 4 is 0 Å². The van der Waals surface area contributed by atoms with E-state index >= 15 is 0 Å². The first-order valence-electron chi connectivity index (χ1n) is 7.67. The number of aliphatic hydroxyl groups is 1. The van der Waals surface area contributed by atoms with E-state index in [4.69, 9.17) is 4.74 Å². The van der Waals surface area contributed by atoms with Gasteiger partial charge in [-0.3, -0.25) is 4.68 Å². The van der Waals surface area contributed by atoms with Gasteiger partial charge in [0.05, 0.1) is 18.4 Å². The van der Waals surface area contributed by atoms with Crippen LogP contribution in [0.4, 0.5) is 0 Å². The first-order valence-corrected chi connectivity index (χ1v) is 7.67. The summed E-state index contributed by atoms with van der Waals surface area (Å²) in [4.78, 5) is 0. The third-order valence-electron chi connectivity index (χ3n) is 3.16. The quantitative estimate of drug-likeness (QED) is 0.571. The van der Waals surface area contributed by atoms with Crippen molar-refractivity contribution in [3.8, 4) is 0 Å². The molecule has 1 unspecified atom stereocenters. The van der Waals surface area contributed by atoms with Crippen molar-refractivity contribution in [2.75, 3.05) is 26.3 Å². The molecule has 0 amide bonds. The van der Waals surface area contributed by atoms with E-state index in [2.05, 4.69) is 17.3 Å². The summed E-state index contributed by atoms with van der Waals surface area (Å²) in [7, 11) is 1.92. The lowest BCUT2D eigenvalue weighted by Gasteiger charge is -2.12. The first-order chi connectivity index (χ1) is 9.72. The second kappa shape index (κ2) is 10.8. The highest BCUT2D eigenvalue weighted by molar-refractivity contribution is 4.98. The van der Waals surface area contributed by atoms with Gasteiger partial charge in [0.15, 0.2) is 0 Å². The largest absolute Gasteiger partial charge is 0.389 e. The maximum Gasteiger partial charge on any atom is 0.0897 e. The number of unbranched alkanes of at least 4 members (excludes halogenated alkanes) is 3. The summed E-state index contributed by atoms with van der Waals surface area (Å²) in [6.45, 7) is 4.77. The monoisotopic (exact) mass is 283 g/mol. The molecule has 0 aliphatic carbocycles. The van der Waals surface area contributed by atoms with Gasteiger partial charge in [0, 0.05) is 39.4 Å². The topological polar surface area (TPSA) is 59.3 Å². The molecule has 5 nitrogen and oxygen atoms in total. The van der Waals surface area contributed by atoms with Crippen molar-refractivity contribution in [2.45, 2.75) is 45.1 Å². The average molecular weight is 283 g/mol. The molecular formula is C15H29N3O2. The van der Waals surface area contributed by atoms with E-state index in [-0.39, 0.29) is 0 Å². The molecule has 0 spiro atoms. The lowest BCUT2D eigenvalue weighted by atomic mass is 10.2. The zero-order valence-corrected chi connectivity index (χ0v) is 12.8. The van der Waals surface area contributed by atoms with Gasteiger partial charge >= 0.3 is 0 Å². The number of ether oxygens (including phenoxy) is 1. The molecular weight excluding hydrogens is 254 g/mol. The van der Waals surface area contributed by atoms with Crippen LogP contribution in [0.1, 0.15) is 38.3 Å². The van der Waals surface area contributed by atoms with Gasteiger partial charge in [-0.2, -0.15) is 5.10 Å². The molecule has 0 saturated carbocycles. The molecule has 0 bridgehead atoms. The molecule has 20 heavy (non-hydrogen) atoms. The third kappa shape index (κ3) is 8.30. The highest BCUT2D eigenvalue weighted by Crippen LogP contribution is 1.99. The van der Waals surface area contributed by atoms with Crippen LogP contribution in [0.2, 0.25) is 0 Å². The molecule has 0 fully saturated rings. The Morgan fingerprint density at radius 2 is 2.25 bits per heavy atom. The van der Waals surface area contributed by atoms with Crippen LogP contribution in [0, 0.1) is 0 Å². The van der Waals surface area contributed by atoms with E-state index in [0.717, 1.165) is 31.7 Å². The van der Waals surface area contributed by atoms with E-state index < -0.39 is 6.10 Å². The van der Waals surface area contributed by atoms with E-state index in [1.165, 1.54) is 19.3 Å². The molecule has 0 radical (unpaired) electrons. The fraction of sp³-hybridized carbons (Fsp3) is 0.800. The minimum absolute atomic E-state index is 0.419. The molecule has 2 N–H and O–H groups in total. The van der Waals surface area contributed by atoms with Crippen LogP contribution in [0.15, 0.2) is 12.3 Å². The Morgan fingerprint density at radius 3 is 2.95 bits per heavy atom. The number of nitrogens with one attached hydrogen (secondary N) is 1. The first kappa shape index (κ1) is 17.1. The molecule has 1 aromatic heterocycles. The average Bonchev–Trinajstić information content (AvgIpc) is 2.84. The van der Waals surface area contributed by atoms with E-state index in [9.17, 15) is 5.11 Å². The molecule has 0 aliphatic heterocycles. The second-order valence-corrected chi connectivity index (χ2v) is 5.22. The Hall–Kier alpha value is -0.910. The van der Waals surface area contributed by atoms with Gasteiger partial charge in [-0.25, -0.2) is 0 Å². The second-order valence-electron chi connectivity index (χ2n) is 5.22. The Bertz CT molecular complexity index is 342. The molecule has 1 heterocycles. The zero-order chi connectivity index (χ0) is 14.6. The van der Waals surface area contributed by atoms with Crippen molar-refractivity contribution in [1.82, 2.24) is 15.1 Å². The molecule has 116 valence electrons. The van der Waals surface area contributed by atoms with Crippen molar-refractivity contribution in [3.05, 3.63) is 18.0 Å². The van der Waals surface area contributed by atoms with Gasteiger partial charge in [0.1, 0.15) is 0 Å². The lowest BCUT2D eigenvalue weighted by Crippen LogP contribution is -2.31. The predicted octanol–water partition coefficient (Wildman–Crippen LogP) is 1.51. The summed E-state index contributed by atoms with van der Waals surface area (Å²) in [5.41, 5.74) is 1.07. The molecule has 0 aliphatic rings. The Morgan fingerprint density at radius 1 is 1.40 bits per heavy atom. The number of aromatic nitrogens is 2. The zero-order valence-electron chi connectivity index (χ0n) is 12.8. The molecule has 0 saturated heterocycles. The Balaban J connectivity index is 1.91. The highest BCUT2D eigenvalue weighted by Gasteiger charge is 2.04. The number of aliphatic hydroxyl groups excluding tert-OH is 1. The minimum atomic E-state index is -0.426. The summed E-state index contributed by atoms with van der Waals surface area (Å²) >= 11 is 0. The lowest BCUT2D eigenvalue weighted by molar-refractivity contribution is 0.0356. The van der Waals surface area contributed by atoms with Crippen LogP contribution < -0.4 is 5.32 Å². The number of rotatable bonds is 12. The van der Waals surface area contributed by atoms with Crippen LogP contribution in [0.3, 0.4) is 0 Å². The Labute approximate surface area is 122 Å². The summed E-state index contributed by atoms with van der Waals surface area (Å²) in [6, 6.07) is 2.01. The molecule has 5 heteroatoms. The van der Waals surface area contributed by atoms with Gasteiger partial charge in [0.25, 0.3) is 0 Å². The number of nitrogens with zero attached hydrogens (tertiary/aromatic N) is 2. The van der Waals surface area contributed by atoms with E-state index in [1.807, 2.05) is 19.3 Å². The summed E-state index contributed by atoms with van der Waals surface area (Å²) in [5, 5.41) is 17.3. The smallest absolute Gasteiger partial charge is 0.0897 e. The van der Waals surface area contributed by atoms with Gasteiger partial charge < -0.3 is 15.2 Å². The van der Waals surface area contributed by atoms with Crippen LogP contribution in [-0.2, 0) is 18.2 Å². The normalized spacial score (nSPS) is 12.8. The van der Waals surface area contributed by atoms with E-state index in [0.29, 0.717) is 13.2 Å². The third-order valence-corrected chi connectivity index (χ3v) is 3.16. The standard InChI is InChI=1S/C15H29N3O2/c1-3-4-5-6-11-20-13-15(19)12-16-9-7-14-8-10-18(2)17-14/h8,10,15-16,19H,3-7,9,11-13H2,1-2H3. The van der Waals surface area contributed by atoms with Gasteiger partial charge in [0.2, 0.25) is 0 Å². The van der Waals surface area contributed by atoms with Crippen molar-refractivity contribution in [1.29, 1.82) is 0 Å². The Kier molecular flexibility index (Phi) is 9.28. The summed E-state index contributed by atoms with van der Waals surface area (Å²) in [5.74, 6) is 0. The molecule has 1 aromatic rings.